The van der Waals surface area contributed by atoms with E-state index in [0.717, 1.165) is 22.5 Å². The number of nitrogens with zero attached hydrogens (tertiary/aromatic N) is 5. The fourth-order valence-electron chi connectivity index (χ4n) is 3.60. The van der Waals surface area contributed by atoms with Crippen molar-refractivity contribution >= 4 is 17.5 Å². The number of carbonyl (C=O) groups excluding carboxylic acids is 1. The first-order valence-corrected chi connectivity index (χ1v) is 10.0. The van der Waals surface area contributed by atoms with Crippen molar-refractivity contribution in [1.82, 2.24) is 24.5 Å². The van der Waals surface area contributed by atoms with Gasteiger partial charge in [0.25, 0.3) is 0 Å². The highest BCUT2D eigenvalue weighted by Crippen LogP contribution is 2.29. The van der Waals surface area contributed by atoms with Crippen LogP contribution in [0.1, 0.15) is 42.1 Å². The molecule has 3 rings (SSSR count). The normalized spacial score (nSPS) is 11.7. The minimum Gasteiger partial charge on any atom is -0.331 e. The van der Waals surface area contributed by atoms with Crippen molar-refractivity contribution in [2.45, 2.75) is 46.2 Å². The van der Waals surface area contributed by atoms with Crippen LogP contribution in [-0.4, -0.2) is 30.4 Å². The predicted molar refractivity (Wildman–Crippen MR) is 115 cm³/mol. The summed E-state index contributed by atoms with van der Waals surface area (Å²) in [4.78, 5) is 15.6. The number of aryl methyl sites for hydroxylation is 3. The molecule has 2 heterocycles. The smallest absolute Gasteiger partial charge is 0.233 e. The lowest BCUT2D eigenvalue weighted by Crippen LogP contribution is -2.43. The van der Waals surface area contributed by atoms with E-state index in [1.54, 1.807) is 10.9 Å². The molecule has 1 amide bonds. The summed E-state index contributed by atoms with van der Waals surface area (Å²) in [6.45, 7) is 8.70. The molecular weight excluding hydrogens is 386 g/mol. The van der Waals surface area contributed by atoms with E-state index in [-0.39, 0.29) is 5.91 Å². The summed E-state index contributed by atoms with van der Waals surface area (Å²) in [5, 5.41) is 9.51. The van der Waals surface area contributed by atoms with E-state index >= 15 is 0 Å². The lowest BCUT2D eigenvalue weighted by Gasteiger charge is -2.32. The molecule has 1 aromatic carbocycles. The van der Waals surface area contributed by atoms with Crippen LogP contribution < -0.4 is 0 Å². The SMILES string of the molecule is Cc1nn(C)c(C)c1CN(Cc1nn(C)cc1Cl)C(=O)C(C)(C)c1ccccc1. The van der Waals surface area contributed by atoms with Crippen molar-refractivity contribution in [3.8, 4) is 0 Å². The van der Waals surface area contributed by atoms with Gasteiger partial charge in [-0.3, -0.25) is 14.2 Å². The molecule has 0 saturated carbocycles. The summed E-state index contributed by atoms with van der Waals surface area (Å²) in [5.74, 6) is 0.0214. The molecule has 154 valence electrons. The monoisotopic (exact) mass is 413 g/mol. The maximum Gasteiger partial charge on any atom is 0.233 e. The van der Waals surface area contributed by atoms with Gasteiger partial charge in [-0.1, -0.05) is 41.9 Å². The maximum absolute atomic E-state index is 13.7. The highest BCUT2D eigenvalue weighted by molar-refractivity contribution is 6.31. The second-order valence-electron chi connectivity index (χ2n) is 8.02. The topological polar surface area (TPSA) is 56.0 Å². The molecule has 0 atom stereocenters. The standard InChI is InChI=1S/C22H28ClN5O/c1-15-18(16(2)27(6)24-15)12-28(14-20-19(23)13-26(5)25-20)21(29)22(3,4)17-10-8-7-9-11-17/h7-11,13H,12,14H2,1-6H3. The third kappa shape index (κ3) is 4.22. The van der Waals surface area contributed by atoms with Gasteiger partial charge in [0.05, 0.1) is 22.7 Å². The van der Waals surface area contributed by atoms with Crippen LogP contribution in [-0.2, 0) is 37.4 Å². The molecule has 0 bridgehead atoms. The molecule has 0 aliphatic carbocycles. The van der Waals surface area contributed by atoms with Crippen LogP contribution in [0.4, 0.5) is 0 Å². The number of carbonyl (C=O) groups is 1. The first kappa shape index (κ1) is 21.1. The third-order valence-electron chi connectivity index (χ3n) is 5.52. The summed E-state index contributed by atoms with van der Waals surface area (Å²) < 4.78 is 3.52. The van der Waals surface area contributed by atoms with Crippen LogP contribution in [0.5, 0.6) is 0 Å². The van der Waals surface area contributed by atoms with E-state index < -0.39 is 5.41 Å². The number of hydrogen-bond acceptors (Lipinski definition) is 3. The van der Waals surface area contributed by atoms with Crippen molar-refractivity contribution in [3.63, 3.8) is 0 Å². The number of hydrogen-bond donors (Lipinski definition) is 0. The molecule has 0 radical (unpaired) electrons. The van der Waals surface area contributed by atoms with Crippen LogP contribution in [0.15, 0.2) is 36.5 Å². The van der Waals surface area contributed by atoms with Gasteiger partial charge in [0.2, 0.25) is 5.91 Å². The number of rotatable bonds is 6. The molecule has 3 aromatic rings. The Morgan fingerprint density at radius 3 is 2.28 bits per heavy atom. The zero-order valence-corrected chi connectivity index (χ0v) is 18.7. The molecule has 0 fully saturated rings. The first-order chi connectivity index (χ1) is 13.6. The third-order valence-corrected chi connectivity index (χ3v) is 5.84. The Labute approximate surface area is 177 Å². The molecule has 0 N–H and O–H groups in total. The quantitative estimate of drug-likeness (QED) is 0.615. The van der Waals surface area contributed by atoms with E-state index in [2.05, 4.69) is 10.2 Å². The van der Waals surface area contributed by atoms with Gasteiger partial charge in [0.1, 0.15) is 5.69 Å². The van der Waals surface area contributed by atoms with Gasteiger partial charge in [-0.15, -0.1) is 0 Å². The Balaban J connectivity index is 1.99. The van der Waals surface area contributed by atoms with Crippen molar-refractivity contribution in [1.29, 1.82) is 0 Å². The van der Waals surface area contributed by atoms with Crippen molar-refractivity contribution in [2.75, 3.05) is 0 Å². The van der Waals surface area contributed by atoms with Crippen LogP contribution in [0.25, 0.3) is 0 Å². The Bertz CT molecular complexity index is 1020. The molecule has 0 aliphatic heterocycles. The van der Waals surface area contributed by atoms with Gasteiger partial charge in [-0.05, 0) is 33.3 Å². The molecule has 2 aromatic heterocycles. The van der Waals surface area contributed by atoms with Gasteiger partial charge < -0.3 is 4.90 Å². The number of amides is 1. The fraction of sp³-hybridized carbons (Fsp3) is 0.409. The summed E-state index contributed by atoms with van der Waals surface area (Å²) >= 11 is 6.36. The average molecular weight is 414 g/mol. The Kier molecular flexibility index (Phi) is 5.85. The molecule has 7 heteroatoms. The number of aromatic nitrogens is 4. The van der Waals surface area contributed by atoms with Crippen molar-refractivity contribution in [3.05, 3.63) is 69.8 Å². The molecule has 0 unspecified atom stereocenters. The van der Waals surface area contributed by atoms with E-state index in [4.69, 9.17) is 11.6 Å². The highest BCUT2D eigenvalue weighted by atomic mass is 35.5. The van der Waals surface area contributed by atoms with Gasteiger partial charge in [-0.25, -0.2) is 0 Å². The Hall–Kier alpha value is -2.60. The zero-order valence-electron chi connectivity index (χ0n) is 17.9. The molecule has 0 aliphatic rings. The lowest BCUT2D eigenvalue weighted by molar-refractivity contribution is -0.137. The van der Waals surface area contributed by atoms with E-state index in [9.17, 15) is 4.79 Å². The number of halogens is 1. The number of benzene rings is 1. The van der Waals surface area contributed by atoms with Crippen LogP contribution in [0.3, 0.4) is 0 Å². The minimum atomic E-state index is -0.688. The molecular formula is C22H28ClN5O. The van der Waals surface area contributed by atoms with Gasteiger partial charge >= 0.3 is 0 Å². The van der Waals surface area contributed by atoms with E-state index in [1.165, 1.54) is 0 Å². The summed E-state index contributed by atoms with van der Waals surface area (Å²) in [7, 11) is 3.74. The minimum absolute atomic E-state index is 0.0214. The fourth-order valence-corrected chi connectivity index (χ4v) is 3.84. The summed E-state index contributed by atoms with van der Waals surface area (Å²) in [6, 6.07) is 9.85. The predicted octanol–water partition coefficient (Wildman–Crippen LogP) is 3.93. The Morgan fingerprint density at radius 1 is 1.10 bits per heavy atom. The average Bonchev–Trinajstić information content (AvgIpc) is 3.12. The largest absolute Gasteiger partial charge is 0.331 e. The van der Waals surface area contributed by atoms with Crippen LogP contribution >= 0.6 is 11.6 Å². The van der Waals surface area contributed by atoms with Crippen molar-refractivity contribution in [2.24, 2.45) is 14.1 Å². The Morgan fingerprint density at radius 2 is 1.76 bits per heavy atom. The van der Waals surface area contributed by atoms with Crippen molar-refractivity contribution < 1.29 is 4.79 Å². The van der Waals surface area contributed by atoms with E-state index in [1.807, 2.05) is 81.7 Å². The van der Waals surface area contributed by atoms with Crippen LogP contribution in [0, 0.1) is 13.8 Å². The van der Waals surface area contributed by atoms with Crippen LogP contribution in [0.2, 0.25) is 5.02 Å². The highest BCUT2D eigenvalue weighted by Gasteiger charge is 2.35. The summed E-state index contributed by atoms with van der Waals surface area (Å²) in [5.41, 5.74) is 3.99. The second-order valence-corrected chi connectivity index (χ2v) is 8.43. The molecule has 0 spiro atoms. The van der Waals surface area contributed by atoms with Gasteiger partial charge in [0, 0.05) is 38.1 Å². The van der Waals surface area contributed by atoms with Gasteiger partial charge in [0.15, 0.2) is 0 Å². The molecule has 6 nitrogen and oxygen atoms in total. The second kappa shape index (κ2) is 8.03. The summed E-state index contributed by atoms with van der Waals surface area (Å²) in [6.07, 6.45) is 1.75. The van der Waals surface area contributed by atoms with Gasteiger partial charge in [-0.2, -0.15) is 10.2 Å². The van der Waals surface area contributed by atoms with E-state index in [0.29, 0.717) is 23.8 Å². The first-order valence-electron chi connectivity index (χ1n) is 9.63. The zero-order chi connectivity index (χ0) is 21.3. The molecule has 0 saturated heterocycles. The molecule has 29 heavy (non-hydrogen) atoms. The maximum atomic E-state index is 13.7. The lowest BCUT2D eigenvalue weighted by atomic mass is 9.83.